The van der Waals surface area contributed by atoms with E-state index in [1.54, 1.807) is 35.0 Å². The summed E-state index contributed by atoms with van der Waals surface area (Å²) >= 11 is 6.02. The molecule has 1 aliphatic rings. The molecule has 1 aromatic heterocycles. The fraction of sp³-hybridized carbons (Fsp3) is 0.333. The van der Waals surface area contributed by atoms with Crippen LogP contribution >= 0.6 is 11.6 Å². The van der Waals surface area contributed by atoms with Crippen LogP contribution in [0.3, 0.4) is 0 Å². The van der Waals surface area contributed by atoms with Gasteiger partial charge in [-0.1, -0.05) is 23.7 Å². The zero-order chi connectivity index (χ0) is 16.6. The summed E-state index contributed by atoms with van der Waals surface area (Å²) in [4.78, 5) is 12.3. The lowest BCUT2D eigenvalue weighted by Crippen LogP contribution is -2.16. The Bertz CT molecular complexity index is 861. The normalized spacial score (nSPS) is 19.7. The van der Waals surface area contributed by atoms with E-state index in [9.17, 15) is 13.2 Å². The van der Waals surface area contributed by atoms with E-state index in [-0.39, 0.29) is 29.1 Å². The van der Waals surface area contributed by atoms with Crippen LogP contribution in [-0.2, 0) is 9.84 Å². The van der Waals surface area contributed by atoms with Crippen molar-refractivity contribution in [3.05, 3.63) is 46.7 Å². The smallest absolute Gasteiger partial charge is 0.276 e. The lowest BCUT2D eigenvalue weighted by Gasteiger charge is -2.10. The van der Waals surface area contributed by atoms with Crippen molar-refractivity contribution >= 4 is 33.0 Å². The van der Waals surface area contributed by atoms with E-state index in [2.05, 4.69) is 10.4 Å². The van der Waals surface area contributed by atoms with Crippen LogP contribution in [0.25, 0.3) is 0 Å². The zero-order valence-corrected chi connectivity index (χ0v) is 14.1. The minimum atomic E-state index is -3.00. The van der Waals surface area contributed by atoms with E-state index >= 15 is 0 Å². The fourth-order valence-corrected chi connectivity index (χ4v) is 4.56. The first-order valence-electron chi connectivity index (χ1n) is 7.18. The van der Waals surface area contributed by atoms with Gasteiger partial charge in [0.05, 0.1) is 28.3 Å². The number of rotatable bonds is 3. The van der Waals surface area contributed by atoms with E-state index in [1.165, 1.54) is 0 Å². The molecule has 1 saturated heterocycles. The summed E-state index contributed by atoms with van der Waals surface area (Å²) in [7, 11) is -3.00. The second kappa shape index (κ2) is 5.98. The van der Waals surface area contributed by atoms with Gasteiger partial charge >= 0.3 is 0 Å². The second-order valence-electron chi connectivity index (χ2n) is 5.61. The van der Waals surface area contributed by atoms with Gasteiger partial charge in [-0.2, -0.15) is 5.10 Å². The second-order valence-corrected chi connectivity index (χ2v) is 8.24. The van der Waals surface area contributed by atoms with Crippen molar-refractivity contribution in [3.8, 4) is 0 Å². The Morgan fingerprint density at radius 2 is 2.13 bits per heavy atom. The number of aromatic nitrogens is 2. The molecule has 1 amide bonds. The number of hydrogen-bond acceptors (Lipinski definition) is 4. The van der Waals surface area contributed by atoms with Gasteiger partial charge < -0.3 is 5.32 Å². The molecule has 1 fully saturated rings. The Hall–Kier alpha value is -1.86. The summed E-state index contributed by atoms with van der Waals surface area (Å²) in [6.45, 7) is 1.81. The first-order valence-corrected chi connectivity index (χ1v) is 9.38. The molecule has 3 rings (SSSR count). The minimum absolute atomic E-state index is 0.0705. The lowest BCUT2D eigenvalue weighted by atomic mass is 10.2. The number of amides is 1. The van der Waals surface area contributed by atoms with Crippen LogP contribution in [0, 0.1) is 6.92 Å². The summed E-state index contributed by atoms with van der Waals surface area (Å²) < 4.78 is 24.9. The largest absolute Gasteiger partial charge is 0.319 e. The number of carbonyl (C=O) groups is 1. The third kappa shape index (κ3) is 3.40. The lowest BCUT2D eigenvalue weighted by molar-refractivity contribution is 0.102. The summed E-state index contributed by atoms with van der Waals surface area (Å²) in [6, 6.07) is 8.38. The zero-order valence-electron chi connectivity index (χ0n) is 12.5. The standard InChI is InChI=1S/C15H16ClN3O3S/c1-10-8-14(15(20)17-13-5-3-2-4-12(13)16)18-19(10)11-6-7-23(21,22)9-11/h2-5,8,11H,6-7,9H2,1H3,(H,17,20). The number of benzene rings is 1. The third-order valence-electron chi connectivity index (χ3n) is 3.83. The molecule has 23 heavy (non-hydrogen) atoms. The van der Waals surface area contributed by atoms with Crippen LogP contribution in [-0.4, -0.2) is 35.6 Å². The Labute approximate surface area is 139 Å². The van der Waals surface area contributed by atoms with E-state index < -0.39 is 9.84 Å². The van der Waals surface area contributed by atoms with E-state index in [1.807, 2.05) is 6.92 Å². The maximum absolute atomic E-state index is 12.3. The van der Waals surface area contributed by atoms with Gasteiger partial charge in [0.25, 0.3) is 5.91 Å². The Morgan fingerprint density at radius 3 is 2.78 bits per heavy atom. The highest BCUT2D eigenvalue weighted by Crippen LogP contribution is 2.25. The monoisotopic (exact) mass is 353 g/mol. The fourth-order valence-electron chi connectivity index (χ4n) is 2.69. The predicted molar refractivity (Wildman–Crippen MR) is 88.7 cm³/mol. The SMILES string of the molecule is Cc1cc(C(=O)Nc2ccccc2Cl)nn1C1CCS(=O)(=O)C1. The number of carbonyl (C=O) groups excluding carboxylic acids is 1. The van der Waals surface area contributed by atoms with Gasteiger partial charge in [-0.15, -0.1) is 0 Å². The number of nitrogens with zero attached hydrogens (tertiary/aromatic N) is 2. The summed E-state index contributed by atoms with van der Waals surface area (Å²) in [5.74, 6) is -0.139. The average molecular weight is 354 g/mol. The van der Waals surface area contributed by atoms with Crippen LogP contribution in [0.2, 0.25) is 5.02 Å². The quantitative estimate of drug-likeness (QED) is 0.919. The highest BCUT2D eigenvalue weighted by Gasteiger charge is 2.31. The van der Waals surface area contributed by atoms with Gasteiger partial charge in [-0.05, 0) is 31.5 Å². The first kappa shape index (κ1) is 16.0. The van der Waals surface area contributed by atoms with Crippen LogP contribution in [0.15, 0.2) is 30.3 Å². The number of nitrogens with one attached hydrogen (secondary N) is 1. The average Bonchev–Trinajstić information content (AvgIpc) is 3.04. The van der Waals surface area contributed by atoms with Crippen molar-refractivity contribution in [2.24, 2.45) is 0 Å². The van der Waals surface area contributed by atoms with E-state index in [0.717, 1.165) is 5.69 Å². The van der Waals surface area contributed by atoms with Gasteiger partial charge in [-0.3, -0.25) is 9.48 Å². The number of para-hydroxylation sites is 1. The Balaban J connectivity index is 1.81. The molecular formula is C15H16ClN3O3S. The summed E-state index contributed by atoms with van der Waals surface area (Å²) in [5.41, 5.74) is 1.51. The number of anilines is 1. The van der Waals surface area contributed by atoms with Crippen molar-refractivity contribution in [2.45, 2.75) is 19.4 Å². The first-order chi connectivity index (χ1) is 10.9. The Kier molecular flexibility index (Phi) is 4.16. The molecule has 0 spiro atoms. The maximum atomic E-state index is 12.3. The molecule has 6 nitrogen and oxygen atoms in total. The molecule has 1 unspecified atom stereocenters. The van der Waals surface area contributed by atoms with Gasteiger partial charge in [0.1, 0.15) is 0 Å². The van der Waals surface area contributed by atoms with Crippen molar-refractivity contribution in [1.82, 2.24) is 9.78 Å². The molecule has 1 atom stereocenters. The third-order valence-corrected chi connectivity index (χ3v) is 5.91. The highest BCUT2D eigenvalue weighted by atomic mass is 35.5. The van der Waals surface area contributed by atoms with E-state index in [0.29, 0.717) is 17.1 Å². The van der Waals surface area contributed by atoms with Gasteiger partial charge in [0, 0.05) is 5.69 Å². The summed E-state index contributed by atoms with van der Waals surface area (Å²) in [6.07, 6.45) is 0.524. The number of aryl methyl sites for hydroxylation is 1. The molecule has 0 saturated carbocycles. The van der Waals surface area contributed by atoms with Crippen LogP contribution in [0.4, 0.5) is 5.69 Å². The minimum Gasteiger partial charge on any atom is -0.319 e. The van der Waals surface area contributed by atoms with Crippen molar-refractivity contribution in [1.29, 1.82) is 0 Å². The number of sulfone groups is 1. The maximum Gasteiger partial charge on any atom is 0.276 e. The number of halogens is 1. The van der Waals surface area contributed by atoms with Crippen LogP contribution in [0.1, 0.15) is 28.6 Å². The van der Waals surface area contributed by atoms with Crippen molar-refractivity contribution in [2.75, 3.05) is 16.8 Å². The molecule has 8 heteroatoms. The molecule has 1 N–H and O–H groups in total. The predicted octanol–water partition coefficient (Wildman–Crippen LogP) is 2.46. The topological polar surface area (TPSA) is 81.1 Å². The molecule has 2 heterocycles. The van der Waals surface area contributed by atoms with E-state index in [4.69, 9.17) is 11.6 Å². The van der Waals surface area contributed by atoms with Gasteiger partial charge in [0.2, 0.25) is 0 Å². The molecular weight excluding hydrogens is 338 g/mol. The molecule has 0 aliphatic carbocycles. The molecule has 2 aromatic rings. The molecule has 122 valence electrons. The molecule has 1 aliphatic heterocycles. The summed E-state index contributed by atoms with van der Waals surface area (Å²) in [5, 5.41) is 7.43. The van der Waals surface area contributed by atoms with Crippen molar-refractivity contribution < 1.29 is 13.2 Å². The number of hydrogen-bond donors (Lipinski definition) is 1. The van der Waals surface area contributed by atoms with Crippen molar-refractivity contribution in [3.63, 3.8) is 0 Å². The molecule has 1 aromatic carbocycles. The van der Waals surface area contributed by atoms with Gasteiger partial charge in [0.15, 0.2) is 15.5 Å². The van der Waals surface area contributed by atoms with Crippen LogP contribution in [0.5, 0.6) is 0 Å². The van der Waals surface area contributed by atoms with Crippen LogP contribution < -0.4 is 5.32 Å². The molecule has 0 radical (unpaired) electrons. The van der Waals surface area contributed by atoms with Gasteiger partial charge in [-0.25, -0.2) is 8.42 Å². The molecule has 0 bridgehead atoms. The highest BCUT2D eigenvalue weighted by molar-refractivity contribution is 7.91. The Morgan fingerprint density at radius 1 is 1.39 bits per heavy atom.